The number of hydrogen-bond acceptors (Lipinski definition) is 2. The van der Waals surface area contributed by atoms with Crippen LogP contribution >= 0.6 is 0 Å². The molecule has 2 rings (SSSR count). The Kier molecular flexibility index (Phi) is 0.818. The van der Waals surface area contributed by atoms with Crippen LogP contribution in [-0.2, 0) is 0 Å². The first-order valence-corrected chi connectivity index (χ1v) is 3.06. The molecule has 10 heavy (non-hydrogen) atoms. The number of hydrogen-bond donors (Lipinski definition) is 2. The number of aryl methyl sites for hydroxylation is 1. The van der Waals surface area contributed by atoms with Gasteiger partial charge < -0.3 is 10.7 Å². The normalized spacial score (nSPS) is 10.9. The number of H-pyrrole nitrogens is 1. The highest BCUT2D eigenvalue weighted by atomic mass is 15.3. The van der Waals surface area contributed by atoms with E-state index in [1.54, 1.807) is 10.6 Å². The van der Waals surface area contributed by atoms with E-state index < -0.39 is 0 Å². The lowest BCUT2D eigenvalue weighted by Gasteiger charge is -1.76. The summed E-state index contributed by atoms with van der Waals surface area (Å²) in [5, 5.41) is 4.00. The lowest BCUT2D eigenvalue weighted by Crippen LogP contribution is -1.85. The first kappa shape index (κ1) is 5.34. The predicted molar refractivity (Wildman–Crippen MR) is 38.7 cm³/mol. The smallest absolute Gasteiger partial charge is 0.148 e. The molecule has 0 unspecified atom stereocenters. The monoisotopic (exact) mass is 136 g/mol. The van der Waals surface area contributed by atoms with Gasteiger partial charge in [-0.25, -0.2) is 4.52 Å². The van der Waals surface area contributed by atoms with Gasteiger partial charge in [-0.05, 0) is 6.92 Å². The Morgan fingerprint density at radius 2 is 2.50 bits per heavy atom. The number of imidazole rings is 1. The van der Waals surface area contributed by atoms with Crippen molar-refractivity contribution in [2.75, 3.05) is 5.73 Å². The van der Waals surface area contributed by atoms with Crippen LogP contribution < -0.4 is 5.73 Å². The maximum atomic E-state index is 5.43. The number of aromatic nitrogens is 3. The fraction of sp³-hybridized carbons (Fsp3) is 0.167. The van der Waals surface area contributed by atoms with Crippen molar-refractivity contribution in [3.05, 3.63) is 18.0 Å². The van der Waals surface area contributed by atoms with Crippen LogP contribution in [0.1, 0.15) is 5.69 Å². The summed E-state index contributed by atoms with van der Waals surface area (Å²) in [5.74, 6) is 0.547. The molecule has 0 aliphatic rings. The number of anilines is 1. The van der Waals surface area contributed by atoms with Gasteiger partial charge in [-0.2, -0.15) is 0 Å². The summed E-state index contributed by atoms with van der Waals surface area (Å²) >= 11 is 0. The maximum absolute atomic E-state index is 5.43. The van der Waals surface area contributed by atoms with Gasteiger partial charge in [0.25, 0.3) is 0 Å². The fourth-order valence-electron chi connectivity index (χ4n) is 1.02. The van der Waals surface area contributed by atoms with Crippen molar-refractivity contribution in [1.29, 1.82) is 0 Å². The Bertz CT molecular complexity index is 294. The third-order valence-corrected chi connectivity index (χ3v) is 1.40. The van der Waals surface area contributed by atoms with Crippen LogP contribution in [0, 0.1) is 6.92 Å². The molecule has 2 aromatic rings. The molecule has 0 radical (unpaired) electrons. The zero-order chi connectivity index (χ0) is 7.14. The van der Waals surface area contributed by atoms with Gasteiger partial charge in [-0.3, -0.25) is 0 Å². The van der Waals surface area contributed by atoms with Crippen molar-refractivity contribution in [3.63, 3.8) is 0 Å². The van der Waals surface area contributed by atoms with Crippen LogP contribution in [0.5, 0.6) is 0 Å². The van der Waals surface area contributed by atoms with Crippen LogP contribution in [-0.4, -0.2) is 14.6 Å². The Labute approximate surface area is 57.7 Å². The fourth-order valence-corrected chi connectivity index (χ4v) is 1.02. The molecule has 0 aliphatic carbocycles. The molecule has 0 spiro atoms. The summed E-state index contributed by atoms with van der Waals surface area (Å²) in [4.78, 5) is 3.10. The molecule has 4 nitrogen and oxygen atoms in total. The van der Waals surface area contributed by atoms with Crippen LogP contribution in [0.4, 0.5) is 5.82 Å². The van der Waals surface area contributed by atoms with E-state index in [0.717, 1.165) is 11.3 Å². The second-order valence-corrected chi connectivity index (χ2v) is 2.34. The highest BCUT2D eigenvalue weighted by Gasteiger charge is 1.98. The number of fused-ring (bicyclic) bond motifs is 1. The molecule has 0 fully saturated rings. The van der Waals surface area contributed by atoms with Crippen LogP contribution in [0.3, 0.4) is 0 Å². The summed E-state index contributed by atoms with van der Waals surface area (Å²) in [6, 6.07) is 1.80. The van der Waals surface area contributed by atoms with Crippen molar-refractivity contribution in [3.8, 4) is 0 Å². The molecule has 2 aromatic heterocycles. The van der Waals surface area contributed by atoms with Gasteiger partial charge in [0, 0.05) is 18.0 Å². The molecule has 0 aliphatic heterocycles. The zero-order valence-corrected chi connectivity index (χ0v) is 5.63. The number of rotatable bonds is 0. The van der Waals surface area contributed by atoms with E-state index >= 15 is 0 Å². The van der Waals surface area contributed by atoms with E-state index in [4.69, 9.17) is 5.73 Å². The summed E-state index contributed by atoms with van der Waals surface area (Å²) in [5.41, 5.74) is 7.46. The second-order valence-electron chi connectivity index (χ2n) is 2.34. The van der Waals surface area contributed by atoms with Gasteiger partial charge in [0.2, 0.25) is 0 Å². The van der Waals surface area contributed by atoms with Crippen LogP contribution in [0.25, 0.3) is 5.65 Å². The number of nitrogens with one attached hydrogen (secondary N) is 1. The highest BCUT2D eigenvalue weighted by Crippen LogP contribution is 2.06. The number of nitrogens with two attached hydrogens (primary N) is 1. The minimum atomic E-state index is 0.547. The Morgan fingerprint density at radius 3 is 3.20 bits per heavy atom. The van der Waals surface area contributed by atoms with E-state index in [0.29, 0.717) is 5.82 Å². The SMILES string of the molecule is Cc1cn2nc(N)cc2[nH]1. The average Bonchev–Trinajstić information content (AvgIpc) is 2.21. The lowest BCUT2D eigenvalue weighted by atomic mass is 10.6. The first-order chi connectivity index (χ1) is 4.75. The third-order valence-electron chi connectivity index (χ3n) is 1.40. The highest BCUT2D eigenvalue weighted by molar-refractivity contribution is 5.48. The molecule has 3 N–H and O–H groups in total. The molecular formula is C6H8N4. The standard InChI is InChI=1S/C6H8N4/c1-4-3-10-6(8-4)2-5(7)9-10/h2-3,8H,1H3,(H2,7,9). The average molecular weight is 136 g/mol. The number of aromatic amines is 1. The van der Waals surface area contributed by atoms with Gasteiger partial charge >= 0.3 is 0 Å². The van der Waals surface area contributed by atoms with E-state index in [-0.39, 0.29) is 0 Å². The molecule has 0 bridgehead atoms. The van der Waals surface area contributed by atoms with Crippen molar-refractivity contribution >= 4 is 11.5 Å². The second kappa shape index (κ2) is 1.53. The quantitative estimate of drug-likeness (QED) is 0.555. The Hall–Kier alpha value is -1.45. The summed E-state index contributed by atoms with van der Waals surface area (Å²) in [6.45, 7) is 1.98. The van der Waals surface area contributed by atoms with E-state index in [1.165, 1.54) is 0 Å². The van der Waals surface area contributed by atoms with Gasteiger partial charge in [0.05, 0.1) is 0 Å². The molecule has 0 saturated heterocycles. The van der Waals surface area contributed by atoms with E-state index in [1.807, 2.05) is 13.1 Å². The third kappa shape index (κ3) is 0.586. The van der Waals surface area contributed by atoms with Gasteiger partial charge in [-0.15, -0.1) is 5.10 Å². The molecule has 52 valence electrons. The largest absolute Gasteiger partial charge is 0.382 e. The van der Waals surface area contributed by atoms with Crippen LogP contribution in [0.15, 0.2) is 12.3 Å². The lowest BCUT2D eigenvalue weighted by molar-refractivity contribution is 0.978. The number of nitrogen functional groups attached to an aromatic ring is 1. The number of nitrogens with zero attached hydrogens (tertiary/aromatic N) is 2. The van der Waals surface area contributed by atoms with E-state index in [9.17, 15) is 0 Å². The van der Waals surface area contributed by atoms with Gasteiger partial charge in [-0.1, -0.05) is 0 Å². The van der Waals surface area contributed by atoms with Crippen molar-refractivity contribution < 1.29 is 0 Å². The van der Waals surface area contributed by atoms with Crippen molar-refractivity contribution in [1.82, 2.24) is 14.6 Å². The first-order valence-electron chi connectivity index (χ1n) is 3.06. The maximum Gasteiger partial charge on any atom is 0.148 e. The molecule has 4 heteroatoms. The summed E-state index contributed by atoms with van der Waals surface area (Å²) < 4.78 is 1.73. The molecule has 2 heterocycles. The molecule has 0 aromatic carbocycles. The van der Waals surface area contributed by atoms with Crippen LogP contribution in [0.2, 0.25) is 0 Å². The molecule has 0 amide bonds. The topological polar surface area (TPSA) is 59.1 Å². The van der Waals surface area contributed by atoms with Gasteiger partial charge in [0.1, 0.15) is 11.5 Å². The minimum absolute atomic E-state index is 0.547. The van der Waals surface area contributed by atoms with Crippen molar-refractivity contribution in [2.45, 2.75) is 6.92 Å². The molecule has 0 atom stereocenters. The zero-order valence-electron chi connectivity index (χ0n) is 5.63. The van der Waals surface area contributed by atoms with Gasteiger partial charge in [0.15, 0.2) is 0 Å². The van der Waals surface area contributed by atoms with E-state index in [2.05, 4.69) is 10.1 Å². The predicted octanol–water partition coefficient (Wildman–Crippen LogP) is 0.553. The molecule has 0 saturated carbocycles. The summed E-state index contributed by atoms with van der Waals surface area (Å²) in [7, 11) is 0. The summed E-state index contributed by atoms with van der Waals surface area (Å²) in [6.07, 6.45) is 1.89. The Morgan fingerprint density at radius 1 is 1.70 bits per heavy atom. The van der Waals surface area contributed by atoms with Crippen molar-refractivity contribution in [2.24, 2.45) is 0 Å². The minimum Gasteiger partial charge on any atom is -0.382 e. The molecular weight excluding hydrogens is 128 g/mol. The Balaban J connectivity index is 2.83.